The van der Waals surface area contributed by atoms with Crippen molar-refractivity contribution in [1.82, 2.24) is 20.9 Å². The fraction of sp³-hybridized carbons (Fsp3) is 0.636. The molecule has 1 fully saturated rings. The van der Waals surface area contributed by atoms with Crippen LogP contribution in [0.3, 0.4) is 0 Å². The lowest BCUT2D eigenvalue weighted by molar-refractivity contribution is 0.0376. The van der Waals surface area contributed by atoms with Gasteiger partial charge in [0.2, 0.25) is 0 Å². The van der Waals surface area contributed by atoms with Crippen LogP contribution in [0.2, 0.25) is 0 Å². The van der Waals surface area contributed by atoms with E-state index < -0.39 is 0 Å². The van der Waals surface area contributed by atoms with E-state index in [1.165, 1.54) is 0 Å². The molecule has 1 aliphatic heterocycles. The zero-order chi connectivity index (χ0) is 20.7. The Morgan fingerprint density at radius 3 is 2.40 bits per heavy atom. The number of unbranched alkanes of at least 4 members (excludes halogenated alkanes) is 1. The minimum Gasteiger partial charge on any atom is -0.379 e. The summed E-state index contributed by atoms with van der Waals surface area (Å²) in [5.74, 6) is 0.819. The number of nitrogens with zero attached hydrogens (tertiary/aromatic N) is 2. The first-order valence-electron chi connectivity index (χ1n) is 10.9. The van der Waals surface area contributed by atoms with E-state index in [0.29, 0.717) is 12.1 Å². The fourth-order valence-corrected chi connectivity index (χ4v) is 3.09. The Labute approximate surface area is 198 Å². The van der Waals surface area contributed by atoms with Crippen molar-refractivity contribution < 1.29 is 9.53 Å². The van der Waals surface area contributed by atoms with Gasteiger partial charge in [-0.2, -0.15) is 0 Å². The summed E-state index contributed by atoms with van der Waals surface area (Å²) in [7, 11) is 0. The second-order valence-electron chi connectivity index (χ2n) is 7.24. The van der Waals surface area contributed by atoms with E-state index in [9.17, 15) is 4.79 Å². The third-order valence-electron chi connectivity index (χ3n) is 4.84. The molecule has 7 nitrogen and oxygen atoms in total. The second kappa shape index (κ2) is 16.3. The van der Waals surface area contributed by atoms with E-state index in [1.54, 1.807) is 0 Å². The van der Waals surface area contributed by atoms with Gasteiger partial charge in [0.1, 0.15) is 0 Å². The van der Waals surface area contributed by atoms with Crippen LogP contribution in [-0.4, -0.2) is 69.2 Å². The number of nitrogens with one attached hydrogen (secondary N) is 3. The zero-order valence-corrected chi connectivity index (χ0v) is 20.7. The number of rotatable bonds is 11. The highest BCUT2D eigenvalue weighted by Gasteiger charge is 2.09. The molecule has 0 radical (unpaired) electrons. The monoisotopic (exact) mass is 531 g/mol. The Bertz CT molecular complexity index is 618. The molecule has 0 aliphatic carbocycles. The predicted molar refractivity (Wildman–Crippen MR) is 134 cm³/mol. The summed E-state index contributed by atoms with van der Waals surface area (Å²) in [4.78, 5) is 19.2. The summed E-state index contributed by atoms with van der Waals surface area (Å²) in [6, 6.07) is 7.68. The molecule has 1 saturated heterocycles. The lowest BCUT2D eigenvalue weighted by atomic mass is 10.1. The largest absolute Gasteiger partial charge is 0.379 e. The number of hydrogen-bond donors (Lipinski definition) is 3. The van der Waals surface area contributed by atoms with Crippen LogP contribution in [0.4, 0.5) is 0 Å². The van der Waals surface area contributed by atoms with Crippen molar-refractivity contribution in [2.24, 2.45) is 4.99 Å². The van der Waals surface area contributed by atoms with Crippen LogP contribution < -0.4 is 16.0 Å². The maximum Gasteiger partial charge on any atom is 0.251 e. The number of aliphatic imine (C=N–C) groups is 1. The highest BCUT2D eigenvalue weighted by molar-refractivity contribution is 14.0. The fourth-order valence-electron chi connectivity index (χ4n) is 3.09. The first kappa shape index (κ1) is 26.6. The highest BCUT2D eigenvalue weighted by Crippen LogP contribution is 2.06. The highest BCUT2D eigenvalue weighted by atomic mass is 127. The number of halogens is 1. The first-order chi connectivity index (χ1) is 14.2. The van der Waals surface area contributed by atoms with E-state index in [-0.39, 0.29) is 29.9 Å². The number of guanidine groups is 1. The predicted octanol–water partition coefficient (Wildman–Crippen LogP) is 2.61. The van der Waals surface area contributed by atoms with Gasteiger partial charge in [-0.25, -0.2) is 4.99 Å². The normalized spacial score (nSPS) is 14.7. The average Bonchev–Trinajstić information content (AvgIpc) is 2.76. The zero-order valence-electron chi connectivity index (χ0n) is 18.4. The van der Waals surface area contributed by atoms with E-state index in [2.05, 4.69) is 39.7 Å². The second-order valence-corrected chi connectivity index (χ2v) is 7.24. The van der Waals surface area contributed by atoms with Crippen LogP contribution in [0.25, 0.3) is 0 Å². The Morgan fingerprint density at radius 1 is 1.03 bits per heavy atom. The van der Waals surface area contributed by atoms with Crippen LogP contribution in [-0.2, 0) is 11.3 Å². The van der Waals surface area contributed by atoms with Gasteiger partial charge in [-0.3, -0.25) is 9.69 Å². The number of benzene rings is 1. The molecule has 0 spiro atoms. The van der Waals surface area contributed by atoms with Gasteiger partial charge in [0.15, 0.2) is 5.96 Å². The van der Waals surface area contributed by atoms with E-state index >= 15 is 0 Å². The number of morpholine rings is 1. The number of ether oxygens (including phenoxy) is 1. The number of amides is 1. The van der Waals surface area contributed by atoms with Crippen LogP contribution in [0.5, 0.6) is 0 Å². The molecule has 1 aliphatic rings. The maximum atomic E-state index is 12.1. The molecule has 30 heavy (non-hydrogen) atoms. The molecule has 0 unspecified atom stereocenters. The summed E-state index contributed by atoms with van der Waals surface area (Å²) >= 11 is 0. The van der Waals surface area contributed by atoms with Gasteiger partial charge in [0, 0.05) is 38.3 Å². The Kier molecular flexibility index (Phi) is 14.5. The maximum absolute atomic E-state index is 12.1. The minimum absolute atomic E-state index is 0. The Balaban J connectivity index is 0.00000450. The smallest absolute Gasteiger partial charge is 0.251 e. The number of carbonyl (C=O) groups is 1. The molecule has 0 saturated carbocycles. The summed E-state index contributed by atoms with van der Waals surface area (Å²) in [5.41, 5.74) is 1.78. The van der Waals surface area contributed by atoms with Crippen LogP contribution in [0, 0.1) is 0 Å². The Hall–Kier alpha value is -1.39. The van der Waals surface area contributed by atoms with Crippen molar-refractivity contribution in [3.8, 4) is 0 Å². The van der Waals surface area contributed by atoms with Gasteiger partial charge in [-0.15, -0.1) is 24.0 Å². The van der Waals surface area contributed by atoms with Gasteiger partial charge >= 0.3 is 0 Å². The van der Waals surface area contributed by atoms with Crippen LogP contribution >= 0.6 is 24.0 Å². The number of carbonyl (C=O) groups excluding carboxylic acids is 1. The van der Waals surface area contributed by atoms with Crippen molar-refractivity contribution in [3.05, 3.63) is 35.4 Å². The molecular weight excluding hydrogens is 493 g/mol. The lowest BCUT2D eigenvalue weighted by Crippen LogP contribution is -2.40. The average molecular weight is 531 g/mol. The number of hydrogen-bond acceptors (Lipinski definition) is 4. The SMILES string of the molecule is CCCCNC(=O)c1ccc(CN=C(NCC)NCCCN2CCOCC2)cc1.I. The Morgan fingerprint density at radius 2 is 1.73 bits per heavy atom. The molecule has 1 aromatic carbocycles. The summed E-state index contributed by atoms with van der Waals surface area (Å²) in [6.45, 7) is 12.0. The van der Waals surface area contributed by atoms with Gasteiger partial charge in [-0.1, -0.05) is 25.5 Å². The summed E-state index contributed by atoms with van der Waals surface area (Å²) in [5, 5.41) is 9.64. The lowest BCUT2D eigenvalue weighted by Gasteiger charge is -2.26. The molecule has 8 heteroatoms. The van der Waals surface area contributed by atoms with Crippen molar-refractivity contribution >= 4 is 35.8 Å². The molecule has 1 amide bonds. The van der Waals surface area contributed by atoms with Crippen molar-refractivity contribution in [2.75, 3.05) is 52.5 Å². The molecule has 1 aromatic rings. The first-order valence-corrected chi connectivity index (χ1v) is 10.9. The topological polar surface area (TPSA) is 78.0 Å². The summed E-state index contributed by atoms with van der Waals surface area (Å²) < 4.78 is 5.38. The van der Waals surface area contributed by atoms with E-state index in [0.717, 1.165) is 83.3 Å². The molecule has 170 valence electrons. The minimum atomic E-state index is -0.0104. The molecular formula is C22H38IN5O2. The third kappa shape index (κ3) is 10.6. The van der Waals surface area contributed by atoms with E-state index in [4.69, 9.17) is 4.74 Å². The quantitative estimate of drug-likeness (QED) is 0.177. The molecule has 0 aromatic heterocycles. The van der Waals surface area contributed by atoms with Gasteiger partial charge in [0.05, 0.1) is 19.8 Å². The van der Waals surface area contributed by atoms with Crippen LogP contribution in [0.15, 0.2) is 29.3 Å². The van der Waals surface area contributed by atoms with Gasteiger partial charge < -0.3 is 20.7 Å². The summed E-state index contributed by atoms with van der Waals surface area (Å²) in [6.07, 6.45) is 3.16. The molecule has 0 atom stereocenters. The van der Waals surface area contributed by atoms with Crippen LogP contribution in [0.1, 0.15) is 49.0 Å². The van der Waals surface area contributed by atoms with Crippen molar-refractivity contribution in [2.45, 2.75) is 39.7 Å². The molecule has 1 heterocycles. The van der Waals surface area contributed by atoms with Crippen molar-refractivity contribution in [3.63, 3.8) is 0 Å². The van der Waals surface area contributed by atoms with Gasteiger partial charge in [0.25, 0.3) is 5.91 Å². The van der Waals surface area contributed by atoms with Crippen molar-refractivity contribution in [1.29, 1.82) is 0 Å². The molecule has 0 bridgehead atoms. The molecule has 3 N–H and O–H groups in total. The van der Waals surface area contributed by atoms with Gasteiger partial charge in [-0.05, 0) is 44.0 Å². The van der Waals surface area contributed by atoms with E-state index in [1.807, 2.05) is 24.3 Å². The standard InChI is InChI=1S/C22H37N5O2.HI/c1-3-5-11-24-21(28)20-9-7-19(8-10-20)18-26-22(23-4-2)25-12-6-13-27-14-16-29-17-15-27;/h7-10H,3-6,11-18H2,1-2H3,(H,24,28)(H2,23,25,26);1H. The third-order valence-corrected chi connectivity index (χ3v) is 4.84. The molecule has 2 rings (SSSR count).